The number of para-hydroxylation sites is 1. The SMILES string of the molecule is C[N+](C)(C)CCOc1ccccc1Cc1ccccc1.I. The van der Waals surface area contributed by atoms with E-state index in [1.165, 1.54) is 11.1 Å². The Morgan fingerprint density at radius 2 is 1.48 bits per heavy atom. The summed E-state index contributed by atoms with van der Waals surface area (Å²) in [5.74, 6) is 1.00. The number of quaternary nitrogens is 1. The van der Waals surface area contributed by atoms with Crippen molar-refractivity contribution in [3.8, 4) is 5.75 Å². The van der Waals surface area contributed by atoms with Crippen molar-refractivity contribution >= 4 is 24.0 Å². The standard InChI is InChI=1S/C18H24NO.HI/c1-19(2,3)13-14-20-18-12-8-7-11-17(18)15-16-9-5-4-6-10-16;/h4-12H,13-15H2,1-3H3;1H/q+1;. The molecule has 0 fully saturated rings. The molecule has 2 aromatic rings. The highest BCUT2D eigenvalue weighted by Gasteiger charge is 2.08. The fourth-order valence-corrected chi connectivity index (χ4v) is 2.04. The summed E-state index contributed by atoms with van der Waals surface area (Å²) in [6.45, 7) is 1.75. The molecule has 0 atom stereocenters. The van der Waals surface area contributed by atoms with Gasteiger partial charge in [0, 0.05) is 6.42 Å². The van der Waals surface area contributed by atoms with Crippen LogP contribution in [0.15, 0.2) is 54.6 Å². The molecule has 114 valence electrons. The van der Waals surface area contributed by atoms with Crippen LogP contribution in [-0.2, 0) is 6.42 Å². The van der Waals surface area contributed by atoms with Crippen molar-refractivity contribution in [2.24, 2.45) is 0 Å². The molecule has 0 aliphatic carbocycles. The van der Waals surface area contributed by atoms with Crippen LogP contribution in [0.3, 0.4) is 0 Å². The molecule has 21 heavy (non-hydrogen) atoms. The van der Waals surface area contributed by atoms with E-state index >= 15 is 0 Å². The summed E-state index contributed by atoms with van der Waals surface area (Å²) in [5.41, 5.74) is 2.57. The number of hydrogen-bond acceptors (Lipinski definition) is 1. The average molecular weight is 398 g/mol. The largest absolute Gasteiger partial charge is 0.487 e. The topological polar surface area (TPSA) is 9.23 Å². The molecule has 0 saturated carbocycles. The third-order valence-corrected chi connectivity index (χ3v) is 3.23. The van der Waals surface area contributed by atoms with E-state index in [1.54, 1.807) is 0 Å². The van der Waals surface area contributed by atoms with Gasteiger partial charge in [0.15, 0.2) is 0 Å². The summed E-state index contributed by atoms with van der Waals surface area (Å²) in [5, 5.41) is 0. The predicted molar refractivity (Wildman–Crippen MR) is 99.5 cm³/mol. The Kier molecular flexibility index (Phi) is 7.18. The van der Waals surface area contributed by atoms with Crippen molar-refractivity contribution in [1.82, 2.24) is 0 Å². The first-order valence-electron chi connectivity index (χ1n) is 7.10. The van der Waals surface area contributed by atoms with Crippen molar-refractivity contribution < 1.29 is 9.22 Å². The van der Waals surface area contributed by atoms with Gasteiger partial charge in [0.1, 0.15) is 18.9 Å². The van der Waals surface area contributed by atoms with Gasteiger partial charge in [-0.2, -0.15) is 0 Å². The minimum absolute atomic E-state index is 0. The Labute approximate surface area is 145 Å². The first-order valence-corrected chi connectivity index (χ1v) is 7.10. The van der Waals surface area contributed by atoms with Gasteiger partial charge in [0.25, 0.3) is 0 Å². The number of ether oxygens (including phenoxy) is 1. The highest BCUT2D eigenvalue weighted by Crippen LogP contribution is 2.21. The van der Waals surface area contributed by atoms with Gasteiger partial charge < -0.3 is 9.22 Å². The molecule has 0 aliphatic rings. The van der Waals surface area contributed by atoms with Crippen LogP contribution in [-0.4, -0.2) is 38.8 Å². The fraction of sp³-hybridized carbons (Fsp3) is 0.333. The van der Waals surface area contributed by atoms with Crippen LogP contribution in [0.2, 0.25) is 0 Å². The van der Waals surface area contributed by atoms with Crippen LogP contribution >= 0.6 is 24.0 Å². The van der Waals surface area contributed by atoms with E-state index < -0.39 is 0 Å². The number of benzene rings is 2. The van der Waals surface area contributed by atoms with Crippen molar-refractivity contribution in [3.05, 3.63) is 65.7 Å². The third kappa shape index (κ3) is 6.48. The van der Waals surface area contributed by atoms with Gasteiger partial charge in [-0.3, -0.25) is 0 Å². The molecule has 0 bridgehead atoms. The van der Waals surface area contributed by atoms with Gasteiger partial charge in [0.05, 0.1) is 21.1 Å². The summed E-state index contributed by atoms with van der Waals surface area (Å²) in [7, 11) is 6.54. The number of halogens is 1. The minimum atomic E-state index is 0. The van der Waals surface area contributed by atoms with E-state index in [0.29, 0.717) is 0 Å². The molecule has 0 unspecified atom stereocenters. The van der Waals surface area contributed by atoms with Crippen LogP contribution in [0, 0.1) is 0 Å². The maximum Gasteiger partial charge on any atom is 0.137 e. The van der Waals surface area contributed by atoms with Gasteiger partial charge in [-0.1, -0.05) is 48.5 Å². The number of nitrogens with zero attached hydrogens (tertiary/aromatic N) is 1. The molecule has 0 radical (unpaired) electrons. The second kappa shape index (κ2) is 8.39. The lowest BCUT2D eigenvalue weighted by Crippen LogP contribution is -2.38. The van der Waals surface area contributed by atoms with E-state index in [0.717, 1.165) is 29.8 Å². The summed E-state index contributed by atoms with van der Waals surface area (Å²) in [4.78, 5) is 0. The fourth-order valence-electron chi connectivity index (χ4n) is 2.04. The molecule has 2 nitrogen and oxygen atoms in total. The lowest BCUT2D eigenvalue weighted by Gasteiger charge is -2.24. The third-order valence-electron chi connectivity index (χ3n) is 3.23. The van der Waals surface area contributed by atoms with Crippen molar-refractivity contribution in [2.75, 3.05) is 34.3 Å². The molecule has 0 aromatic heterocycles. The van der Waals surface area contributed by atoms with Crippen LogP contribution in [0.4, 0.5) is 0 Å². The Morgan fingerprint density at radius 3 is 2.14 bits per heavy atom. The second-order valence-electron chi connectivity index (χ2n) is 6.13. The normalized spacial score (nSPS) is 10.8. The molecular formula is C18H25INO+. The van der Waals surface area contributed by atoms with Gasteiger partial charge in [-0.05, 0) is 17.2 Å². The molecule has 0 N–H and O–H groups in total. The quantitative estimate of drug-likeness (QED) is 0.529. The van der Waals surface area contributed by atoms with Crippen LogP contribution < -0.4 is 4.74 Å². The van der Waals surface area contributed by atoms with E-state index in [1.807, 2.05) is 12.1 Å². The average Bonchev–Trinajstić information content (AvgIpc) is 2.40. The molecule has 0 amide bonds. The van der Waals surface area contributed by atoms with E-state index in [-0.39, 0.29) is 24.0 Å². The zero-order valence-electron chi connectivity index (χ0n) is 13.1. The van der Waals surface area contributed by atoms with Crippen molar-refractivity contribution in [2.45, 2.75) is 6.42 Å². The summed E-state index contributed by atoms with van der Waals surface area (Å²) in [6, 6.07) is 18.8. The van der Waals surface area contributed by atoms with Gasteiger partial charge in [-0.15, -0.1) is 24.0 Å². The molecule has 0 heterocycles. The van der Waals surface area contributed by atoms with Crippen molar-refractivity contribution in [3.63, 3.8) is 0 Å². The Balaban J connectivity index is 0.00000220. The van der Waals surface area contributed by atoms with Crippen LogP contribution in [0.25, 0.3) is 0 Å². The van der Waals surface area contributed by atoms with Crippen molar-refractivity contribution in [1.29, 1.82) is 0 Å². The Morgan fingerprint density at radius 1 is 0.857 bits per heavy atom. The first kappa shape index (κ1) is 18.0. The predicted octanol–water partition coefficient (Wildman–Crippen LogP) is 3.98. The molecular weight excluding hydrogens is 373 g/mol. The molecule has 3 heteroatoms. The monoisotopic (exact) mass is 398 g/mol. The minimum Gasteiger partial charge on any atom is -0.487 e. The number of rotatable bonds is 6. The van der Waals surface area contributed by atoms with E-state index in [4.69, 9.17) is 4.74 Å². The second-order valence-corrected chi connectivity index (χ2v) is 6.13. The van der Waals surface area contributed by atoms with E-state index in [2.05, 4.69) is 63.6 Å². The number of hydrogen-bond donors (Lipinski definition) is 0. The zero-order valence-corrected chi connectivity index (χ0v) is 15.4. The maximum absolute atomic E-state index is 5.97. The van der Waals surface area contributed by atoms with Gasteiger partial charge in [-0.25, -0.2) is 0 Å². The summed E-state index contributed by atoms with van der Waals surface area (Å²) >= 11 is 0. The molecule has 0 spiro atoms. The summed E-state index contributed by atoms with van der Waals surface area (Å²) in [6.07, 6.45) is 0.918. The van der Waals surface area contributed by atoms with Crippen LogP contribution in [0.5, 0.6) is 5.75 Å². The van der Waals surface area contributed by atoms with Gasteiger partial charge in [0.2, 0.25) is 0 Å². The lowest BCUT2D eigenvalue weighted by atomic mass is 10.0. The van der Waals surface area contributed by atoms with Gasteiger partial charge >= 0.3 is 0 Å². The van der Waals surface area contributed by atoms with E-state index in [9.17, 15) is 0 Å². The number of likely N-dealkylation sites (N-methyl/N-ethyl adjacent to an activating group) is 1. The molecule has 2 rings (SSSR count). The smallest absolute Gasteiger partial charge is 0.137 e. The highest BCUT2D eigenvalue weighted by atomic mass is 127. The molecule has 2 aromatic carbocycles. The Bertz CT molecular complexity index is 534. The Hall–Kier alpha value is -1.07. The molecule has 0 saturated heterocycles. The molecule has 0 aliphatic heterocycles. The lowest BCUT2D eigenvalue weighted by molar-refractivity contribution is -0.870. The van der Waals surface area contributed by atoms with Crippen LogP contribution in [0.1, 0.15) is 11.1 Å². The highest BCUT2D eigenvalue weighted by molar-refractivity contribution is 14.0. The summed E-state index contributed by atoms with van der Waals surface area (Å²) < 4.78 is 6.89. The maximum atomic E-state index is 5.97. The zero-order chi connectivity index (χ0) is 14.4. The first-order chi connectivity index (χ1) is 9.54.